The van der Waals surface area contributed by atoms with E-state index in [1.807, 2.05) is 36.4 Å². The van der Waals surface area contributed by atoms with E-state index in [-0.39, 0.29) is 17.7 Å². The standard InChI is InChI=1S/C30H32N2O9S/c33-27(34)17-18-32(42(37,38)24-14-12-23(13-15-24)39-22-9-5-2-6-10-22)30(29(35)31-36)19-25-26(20-30)41-28(40-25)16-11-21-7-3-1-4-8-21/h1-10,12-15,25-26,28,36H,11,16-20H2,(H,31,35)(H,33,34). The maximum Gasteiger partial charge on any atom is 0.304 e. The predicted octanol–water partition coefficient (Wildman–Crippen LogP) is 3.73. The number of sulfonamides is 1. The van der Waals surface area contributed by atoms with Crippen LogP contribution in [-0.2, 0) is 35.5 Å². The first-order valence-electron chi connectivity index (χ1n) is 13.6. The summed E-state index contributed by atoms with van der Waals surface area (Å²) in [6.07, 6.45) is -1.35. The van der Waals surface area contributed by atoms with Gasteiger partial charge in [0.25, 0.3) is 5.91 Å². The fourth-order valence-corrected chi connectivity index (χ4v) is 7.33. The van der Waals surface area contributed by atoms with Crippen molar-refractivity contribution in [3.63, 3.8) is 0 Å². The zero-order valence-electron chi connectivity index (χ0n) is 22.7. The Hall–Kier alpha value is -3.81. The highest BCUT2D eigenvalue weighted by Crippen LogP contribution is 2.46. The van der Waals surface area contributed by atoms with Gasteiger partial charge >= 0.3 is 5.97 Å². The number of carboxylic acid groups (broad SMARTS) is 1. The Kier molecular flexibility index (Phi) is 8.90. The van der Waals surface area contributed by atoms with Crippen LogP contribution in [-0.4, -0.2) is 65.5 Å². The molecule has 3 aromatic rings. The number of rotatable bonds is 12. The van der Waals surface area contributed by atoms with Crippen LogP contribution in [0.3, 0.4) is 0 Å². The molecule has 1 amide bonds. The number of carboxylic acids is 1. The number of para-hydroxylation sites is 1. The van der Waals surface area contributed by atoms with Crippen LogP contribution in [0.1, 0.15) is 31.2 Å². The lowest BCUT2D eigenvalue weighted by atomic mass is 9.95. The molecule has 2 atom stereocenters. The van der Waals surface area contributed by atoms with Crippen molar-refractivity contribution in [3.05, 3.63) is 90.5 Å². The Balaban J connectivity index is 1.37. The average molecular weight is 597 g/mol. The molecule has 222 valence electrons. The topological polar surface area (TPSA) is 152 Å². The molecule has 11 nitrogen and oxygen atoms in total. The Morgan fingerprint density at radius 2 is 1.48 bits per heavy atom. The molecule has 2 aliphatic rings. The van der Waals surface area contributed by atoms with Crippen molar-refractivity contribution in [3.8, 4) is 11.5 Å². The van der Waals surface area contributed by atoms with Gasteiger partial charge < -0.3 is 19.3 Å². The SMILES string of the molecule is O=C(O)CCN(C1(C(=O)NO)CC2OC(CCc3ccccc3)OC2C1)S(=O)(=O)c1ccc(Oc2ccccc2)cc1. The van der Waals surface area contributed by atoms with Crippen molar-refractivity contribution in [2.75, 3.05) is 6.54 Å². The highest BCUT2D eigenvalue weighted by atomic mass is 32.2. The molecule has 0 bridgehead atoms. The van der Waals surface area contributed by atoms with Crippen LogP contribution in [0.5, 0.6) is 11.5 Å². The fraction of sp³-hybridized carbons (Fsp3) is 0.333. The molecule has 0 radical (unpaired) electrons. The van der Waals surface area contributed by atoms with Crippen LogP contribution in [0, 0.1) is 0 Å². The highest BCUT2D eigenvalue weighted by Gasteiger charge is 2.60. The molecule has 1 heterocycles. The summed E-state index contributed by atoms with van der Waals surface area (Å²) in [5.74, 6) is -1.27. The summed E-state index contributed by atoms with van der Waals surface area (Å²) in [7, 11) is -4.44. The summed E-state index contributed by atoms with van der Waals surface area (Å²) in [5, 5.41) is 19.1. The van der Waals surface area contributed by atoms with Gasteiger partial charge in [0, 0.05) is 25.8 Å². The van der Waals surface area contributed by atoms with E-state index in [4.69, 9.17) is 14.2 Å². The van der Waals surface area contributed by atoms with Gasteiger partial charge in [0.1, 0.15) is 17.0 Å². The van der Waals surface area contributed by atoms with Crippen molar-refractivity contribution in [2.45, 2.75) is 61.0 Å². The molecular formula is C30H32N2O9S. The minimum Gasteiger partial charge on any atom is -0.481 e. The van der Waals surface area contributed by atoms with Crippen molar-refractivity contribution in [1.82, 2.24) is 9.79 Å². The van der Waals surface area contributed by atoms with Gasteiger partial charge in [-0.25, -0.2) is 13.9 Å². The molecular weight excluding hydrogens is 564 g/mol. The summed E-state index contributed by atoms with van der Waals surface area (Å²) in [6.45, 7) is -0.510. The summed E-state index contributed by atoms with van der Waals surface area (Å²) in [4.78, 5) is 24.6. The number of benzene rings is 3. The van der Waals surface area contributed by atoms with Gasteiger partial charge in [0.05, 0.1) is 23.5 Å². The minimum atomic E-state index is -4.44. The molecule has 0 spiro atoms. The smallest absolute Gasteiger partial charge is 0.304 e. The van der Waals surface area contributed by atoms with Crippen LogP contribution in [0.2, 0.25) is 0 Å². The summed E-state index contributed by atoms with van der Waals surface area (Å²) in [5.41, 5.74) is 0.867. The number of nitrogens with zero attached hydrogens (tertiary/aromatic N) is 1. The van der Waals surface area contributed by atoms with Gasteiger partial charge in [-0.15, -0.1) is 0 Å². The van der Waals surface area contributed by atoms with E-state index >= 15 is 0 Å². The number of carbonyl (C=O) groups is 2. The first kappa shape index (κ1) is 29.7. The lowest BCUT2D eigenvalue weighted by Gasteiger charge is -2.38. The van der Waals surface area contributed by atoms with Crippen molar-refractivity contribution in [2.24, 2.45) is 0 Å². The Morgan fingerprint density at radius 3 is 2.05 bits per heavy atom. The average Bonchev–Trinajstić information content (AvgIpc) is 3.53. The van der Waals surface area contributed by atoms with Crippen molar-refractivity contribution < 1.29 is 42.5 Å². The molecule has 0 aromatic heterocycles. The lowest BCUT2D eigenvalue weighted by Crippen LogP contribution is -2.60. The first-order valence-corrected chi connectivity index (χ1v) is 15.0. The summed E-state index contributed by atoms with van der Waals surface area (Å²) >= 11 is 0. The largest absolute Gasteiger partial charge is 0.481 e. The van der Waals surface area contributed by atoms with Gasteiger partial charge in [-0.2, -0.15) is 4.31 Å². The van der Waals surface area contributed by atoms with Crippen LogP contribution in [0.25, 0.3) is 0 Å². The maximum atomic E-state index is 14.0. The Labute approximate surface area is 243 Å². The molecule has 42 heavy (non-hydrogen) atoms. The molecule has 3 aromatic carbocycles. The summed E-state index contributed by atoms with van der Waals surface area (Å²) < 4.78 is 46.8. The normalized spacial score (nSPS) is 23.4. The number of aliphatic carboxylic acids is 1. The van der Waals surface area contributed by atoms with E-state index in [2.05, 4.69) is 0 Å². The second kappa shape index (κ2) is 12.6. The zero-order valence-corrected chi connectivity index (χ0v) is 23.5. The van der Waals surface area contributed by atoms with Gasteiger partial charge in [0.2, 0.25) is 10.0 Å². The monoisotopic (exact) mass is 596 g/mol. The number of hydrogen-bond acceptors (Lipinski definition) is 8. The third kappa shape index (κ3) is 6.32. The summed E-state index contributed by atoms with van der Waals surface area (Å²) in [6, 6.07) is 24.4. The van der Waals surface area contributed by atoms with E-state index < -0.39 is 58.9 Å². The maximum absolute atomic E-state index is 14.0. The molecule has 1 aliphatic carbocycles. The molecule has 1 aliphatic heterocycles. The molecule has 12 heteroatoms. The van der Waals surface area contributed by atoms with E-state index in [1.54, 1.807) is 29.7 Å². The second-order valence-corrected chi connectivity index (χ2v) is 12.2. The Bertz CT molecular complexity index is 1470. The van der Waals surface area contributed by atoms with E-state index in [9.17, 15) is 28.3 Å². The number of hydroxylamine groups is 1. The zero-order chi connectivity index (χ0) is 29.7. The van der Waals surface area contributed by atoms with Crippen LogP contribution < -0.4 is 10.2 Å². The molecule has 3 N–H and O–H groups in total. The first-order chi connectivity index (χ1) is 20.2. The molecule has 5 rings (SSSR count). The van der Waals surface area contributed by atoms with E-state index in [0.29, 0.717) is 24.3 Å². The molecule has 1 saturated carbocycles. The van der Waals surface area contributed by atoms with Crippen LogP contribution in [0.15, 0.2) is 89.8 Å². The molecule has 2 fully saturated rings. The molecule has 1 saturated heterocycles. The number of ether oxygens (including phenoxy) is 3. The number of aryl methyl sites for hydroxylation is 1. The van der Waals surface area contributed by atoms with Gasteiger partial charge in [-0.05, 0) is 48.4 Å². The predicted molar refractivity (Wildman–Crippen MR) is 149 cm³/mol. The van der Waals surface area contributed by atoms with E-state index in [0.717, 1.165) is 9.87 Å². The third-order valence-electron chi connectivity index (χ3n) is 7.58. The Morgan fingerprint density at radius 1 is 0.905 bits per heavy atom. The lowest BCUT2D eigenvalue weighted by molar-refractivity contribution is -0.145. The van der Waals surface area contributed by atoms with Gasteiger partial charge in [-0.3, -0.25) is 14.8 Å². The van der Waals surface area contributed by atoms with Crippen LogP contribution in [0.4, 0.5) is 0 Å². The second-order valence-electron chi connectivity index (χ2n) is 10.3. The third-order valence-corrected chi connectivity index (χ3v) is 9.56. The highest BCUT2D eigenvalue weighted by molar-refractivity contribution is 7.89. The van der Waals surface area contributed by atoms with E-state index in [1.165, 1.54) is 24.3 Å². The molecule has 2 unspecified atom stereocenters. The van der Waals surface area contributed by atoms with Crippen molar-refractivity contribution in [1.29, 1.82) is 0 Å². The number of hydrogen-bond donors (Lipinski definition) is 3. The van der Waals surface area contributed by atoms with Crippen molar-refractivity contribution >= 4 is 21.9 Å². The minimum absolute atomic E-state index is 0.125. The quantitative estimate of drug-likeness (QED) is 0.210. The fourth-order valence-electron chi connectivity index (χ4n) is 5.57. The van der Waals surface area contributed by atoms with Crippen LogP contribution >= 0.6 is 0 Å². The number of amides is 1. The van der Waals surface area contributed by atoms with Gasteiger partial charge in [-0.1, -0.05) is 48.5 Å². The van der Waals surface area contributed by atoms with Gasteiger partial charge in [0.15, 0.2) is 6.29 Å². The number of nitrogens with one attached hydrogen (secondary N) is 1. The number of fused-ring (bicyclic) bond motifs is 1. The number of carbonyl (C=O) groups excluding carboxylic acids is 1.